The first-order valence-electron chi connectivity index (χ1n) is 7.25. The standard InChI is InChI=1S/C18H10Br4O3S/c19-10-5-14(21)18(15(22)6-10)24-8-13-2-1-12(25-13)3-4-16(23)17-7-11(20)9-26-17/h1-7,9H,8H2/b4-3+. The van der Waals surface area contributed by atoms with E-state index in [1.54, 1.807) is 18.2 Å². The molecule has 0 N–H and O–H groups in total. The van der Waals surface area contributed by atoms with Gasteiger partial charge in [0, 0.05) is 14.3 Å². The van der Waals surface area contributed by atoms with Crippen LogP contribution in [0.3, 0.4) is 0 Å². The van der Waals surface area contributed by atoms with Crippen LogP contribution in [0.1, 0.15) is 21.2 Å². The van der Waals surface area contributed by atoms with E-state index in [1.807, 2.05) is 23.6 Å². The number of rotatable bonds is 6. The Morgan fingerprint density at radius 1 is 1.08 bits per heavy atom. The smallest absolute Gasteiger partial charge is 0.195 e. The molecular formula is C18H10Br4O3S. The van der Waals surface area contributed by atoms with E-state index in [9.17, 15) is 4.79 Å². The number of allylic oxidation sites excluding steroid dienone is 1. The molecule has 0 aliphatic rings. The van der Waals surface area contributed by atoms with Crippen molar-refractivity contribution in [1.29, 1.82) is 0 Å². The van der Waals surface area contributed by atoms with E-state index in [1.165, 1.54) is 17.4 Å². The molecule has 2 aromatic heterocycles. The van der Waals surface area contributed by atoms with Crippen LogP contribution in [0.4, 0.5) is 0 Å². The molecule has 26 heavy (non-hydrogen) atoms. The second kappa shape index (κ2) is 9.01. The van der Waals surface area contributed by atoms with Crippen LogP contribution < -0.4 is 4.74 Å². The number of ketones is 1. The molecule has 8 heteroatoms. The number of furan rings is 1. The first kappa shape index (κ1) is 20.1. The summed E-state index contributed by atoms with van der Waals surface area (Å²) in [5, 5.41) is 1.88. The van der Waals surface area contributed by atoms with Gasteiger partial charge in [-0.15, -0.1) is 11.3 Å². The molecule has 0 atom stereocenters. The monoisotopic (exact) mass is 622 g/mol. The highest BCUT2D eigenvalue weighted by molar-refractivity contribution is 9.11. The van der Waals surface area contributed by atoms with Crippen molar-refractivity contribution in [3.8, 4) is 5.75 Å². The number of benzene rings is 1. The number of ether oxygens (including phenoxy) is 1. The molecule has 0 unspecified atom stereocenters. The molecule has 134 valence electrons. The summed E-state index contributed by atoms with van der Waals surface area (Å²) in [6, 6.07) is 9.24. The summed E-state index contributed by atoms with van der Waals surface area (Å²) in [6.07, 6.45) is 3.16. The number of carbonyl (C=O) groups is 1. The summed E-state index contributed by atoms with van der Waals surface area (Å²) in [5.41, 5.74) is 0. The third kappa shape index (κ3) is 5.19. The van der Waals surface area contributed by atoms with E-state index in [4.69, 9.17) is 9.15 Å². The van der Waals surface area contributed by atoms with Gasteiger partial charge >= 0.3 is 0 Å². The van der Waals surface area contributed by atoms with Crippen molar-refractivity contribution in [2.45, 2.75) is 6.61 Å². The van der Waals surface area contributed by atoms with E-state index >= 15 is 0 Å². The van der Waals surface area contributed by atoms with Crippen LogP contribution in [0.25, 0.3) is 6.08 Å². The van der Waals surface area contributed by atoms with Gasteiger partial charge in [0.25, 0.3) is 0 Å². The SMILES string of the molecule is O=C(/C=C/c1ccc(COc2c(Br)cc(Br)cc2Br)o1)c1cc(Br)cs1. The lowest BCUT2D eigenvalue weighted by molar-refractivity contribution is 0.105. The second-order valence-electron chi connectivity index (χ2n) is 5.12. The lowest BCUT2D eigenvalue weighted by Gasteiger charge is -2.09. The van der Waals surface area contributed by atoms with E-state index in [2.05, 4.69) is 63.7 Å². The first-order chi connectivity index (χ1) is 12.4. The summed E-state index contributed by atoms with van der Waals surface area (Å²) < 4.78 is 15.0. The lowest BCUT2D eigenvalue weighted by atomic mass is 10.3. The number of carbonyl (C=O) groups excluding carboxylic acids is 1. The molecular weight excluding hydrogens is 616 g/mol. The molecule has 0 bridgehead atoms. The van der Waals surface area contributed by atoms with Gasteiger partial charge in [-0.25, -0.2) is 0 Å². The molecule has 0 saturated carbocycles. The predicted octanol–water partition coefficient (Wildman–Crippen LogP) is 7.87. The van der Waals surface area contributed by atoms with Gasteiger partial charge in [0.2, 0.25) is 0 Å². The van der Waals surface area contributed by atoms with Crippen LogP contribution in [0.2, 0.25) is 0 Å². The molecule has 3 rings (SSSR count). The van der Waals surface area contributed by atoms with E-state index < -0.39 is 0 Å². The Kier molecular flexibility index (Phi) is 6.96. The first-order valence-corrected chi connectivity index (χ1v) is 11.3. The number of halogens is 4. The summed E-state index contributed by atoms with van der Waals surface area (Å²) in [6.45, 7) is 0.276. The van der Waals surface area contributed by atoms with Gasteiger partial charge < -0.3 is 9.15 Å². The Morgan fingerprint density at radius 3 is 2.46 bits per heavy atom. The van der Waals surface area contributed by atoms with Gasteiger partial charge in [-0.1, -0.05) is 15.9 Å². The molecule has 3 nitrogen and oxygen atoms in total. The van der Waals surface area contributed by atoms with Crippen LogP contribution >= 0.6 is 75.1 Å². The summed E-state index contributed by atoms with van der Waals surface area (Å²) >= 11 is 15.1. The fourth-order valence-corrected chi connectivity index (χ4v) is 5.89. The predicted molar refractivity (Wildman–Crippen MR) is 118 cm³/mol. The van der Waals surface area contributed by atoms with Gasteiger partial charge in [0.1, 0.15) is 23.9 Å². The van der Waals surface area contributed by atoms with Gasteiger partial charge in [-0.2, -0.15) is 0 Å². The summed E-state index contributed by atoms with van der Waals surface area (Å²) in [5.74, 6) is 1.90. The van der Waals surface area contributed by atoms with Crippen molar-refractivity contribution in [2.24, 2.45) is 0 Å². The fraction of sp³-hybridized carbons (Fsp3) is 0.0556. The highest BCUT2D eigenvalue weighted by atomic mass is 79.9. The number of hydrogen-bond acceptors (Lipinski definition) is 4. The molecule has 0 spiro atoms. The highest BCUT2D eigenvalue weighted by Crippen LogP contribution is 2.37. The van der Waals surface area contributed by atoms with Crippen LogP contribution in [0.5, 0.6) is 5.75 Å². The van der Waals surface area contributed by atoms with Gasteiger partial charge in [0.15, 0.2) is 5.78 Å². The molecule has 1 aromatic carbocycles. The van der Waals surface area contributed by atoms with Crippen LogP contribution in [-0.4, -0.2) is 5.78 Å². The second-order valence-corrected chi connectivity index (χ2v) is 9.57. The minimum Gasteiger partial charge on any atom is -0.483 e. The van der Waals surface area contributed by atoms with E-state index in [-0.39, 0.29) is 12.4 Å². The Morgan fingerprint density at radius 2 is 1.81 bits per heavy atom. The molecule has 0 radical (unpaired) electrons. The van der Waals surface area contributed by atoms with E-state index in [0.29, 0.717) is 22.1 Å². The third-order valence-corrected chi connectivity index (χ3v) is 6.56. The van der Waals surface area contributed by atoms with Crippen molar-refractivity contribution in [3.63, 3.8) is 0 Å². The average Bonchev–Trinajstić information content (AvgIpc) is 3.20. The van der Waals surface area contributed by atoms with Crippen molar-refractivity contribution >= 4 is 86.9 Å². The average molecular weight is 626 g/mol. The van der Waals surface area contributed by atoms with Crippen molar-refractivity contribution in [3.05, 3.63) is 76.1 Å². The highest BCUT2D eigenvalue weighted by Gasteiger charge is 2.10. The number of thiophene rings is 1. The van der Waals surface area contributed by atoms with Gasteiger partial charge in [-0.05, 0) is 90.3 Å². The minimum atomic E-state index is -0.0578. The molecule has 2 heterocycles. The van der Waals surface area contributed by atoms with Gasteiger partial charge in [-0.3, -0.25) is 4.79 Å². The maximum atomic E-state index is 12.1. The Balaban J connectivity index is 1.63. The van der Waals surface area contributed by atoms with Gasteiger partial charge in [0.05, 0.1) is 13.8 Å². The third-order valence-electron chi connectivity index (χ3n) is 3.21. The zero-order chi connectivity index (χ0) is 18.7. The maximum Gasteiger partial charge on any atom is 0.195 e. The molecule has 0 aliphatic heterocycles. The van der Waals surface area contributed by atoms with Crippen LogP contribution in [0.15, 0.2) is 64.1 Å². The largest absolute Gasteiger partial charge is 0.483 e. The number of hydrogen-bond donors (Lipinski definition) is 0. The molecule has 0 saturated heterocycles. The van der Waals surface area contributed by atoms with Crippen LogP contribution in [-0.2, 0) is 6.61 Å². The topological polar surface area (TPSA) is 39.4 Å². The minimum absolute atomic E-state index is 0.0578. The summed E-state index contributed by atoms with van der Waals surface area (Å²) in [4.78, 5) is 12.7. The fourth-order valence-electron chi connectivity index (χ4n) is 2.05. The maximum absolute atomic E-state index is 12.1. The van der Waals surface area contributed by atoms with Crippen molar-refractivity contribution < 1.29 is 13.9 Å². The van der Waals surface area contributed by atoms with Crippen molar-refractivity contribution in [1.82, 2.24) is 0 Å². The molecule has 0 fully saturated rings. The zero-order valence-corrected chi connectivity index (χ0v) is 20.1. The van der Waals surface area contributed by atoms with Crippen LogP contribution in [0, 0.1) is 0 Å². The Labute approximate surface area is 187 Å². The summed E-state index contributed by atoms with van der Waals surface area (Å²) in [7, 11) is 0. The zero-order valence-electron chi connectivity index (χ0n) is 13.0. The van der Waals surface area contributed by atoms with E-state index in [0.717, 1.165) is 17.9 Å². The Bertz CT molecular complexity index is 951. The quantitative estimate of drug-likeness (QED) is 0.207. The molecule has 0 amide bonds. The normalized spacial score (nSPS) is 11.2. The molecule has 3 aromatic rings. The lowest BCUT2D eigenvalue weighted by Crippen LogP contribution is -1.95. The van der Waals surface area contributed by atoms with Crippen molar-refractivity contribution in [2.75, 3.05) is 0 Å². The Hall–Kier alpha value is -0.670. The molecule has 0 aliphatic carbocycles.